The van der Waals surface area contributed by atoms with Crippen LogP contribution in [0.25, 0.3) is 0 Å². The Morgan fingerprint density at radius 2 is 1.69 bits per heavy atom. The summed E-state index contributed by atoms with van der Waals surface area (Å²) < 4.78 is 0. The largest absolute Gasteiger partial charge is 0.300 e. The molecule has 4 atom stereocenters. The fraction of sp³-hybridized carbons (Fsp3) is 1.00. The Morgan fingerprint density at radius 3 is 2.62 bits per heavy atom. The van der Waals surface area contributed by atoms with Gasteiger partial charge in [0, 0.05) is 12.6 Å². The topological polar surface area (TPSA) is 3.24 Å². The first-order valence-electron chi connectivity index (χ1n) is 6.17. The van der Waals surface area contributed by atoms with Gasteiger partial charge in [-0.25, -0.2) is 0 Å². The fourth-order valence-electron chi connectivity index (χ4n) is 3.90. The molecule has 0 N–H and O–H groups in total. The summed E-state index contributed by atoms with van der Waals surface area (Å²) in [6, 6.07) is 1.00. The third-order valence-electron chi connectivity index (χ3n) is 4.59. The van der Waals surface area contributed by atoms with Gasteiger partial charge >= 0.3 is 0 Å². The van der Waals surface area contributed by atoms with Gasteiger partial charge in [-0.05, 0) is 50.5 Å². The summed E-state index contributed by atoms with van der Waals surface area (Å²) in [5.74, 6) is 2.15. The highest BCUT2D eigenvalue weighted by atomic mass is 15.2. The van der Waals surface area contributed by atoms with Gasteiger partial charge in [-0.15, -0.1) is 0 Å². The molecule has 2 aliphatic heterocycles. The van der Waals surface area contributed by atoms with Gasteiger partial charge in [-0.3, -0.25) is 4.90 Å². The first kappa shape index (κ1) is 8.28. The number of fused-ring (bicyclic) bond motifs is 4. The van der Waals surface area contributed by atoms with Crippen molar-refractivity contribution in [1.29, 1.82) is 0 Å². The van der Waals surface area contributed by atoms with Crippen molar-refractivity contribution < 1.29 is 0 Å². The SMILES string of the molecule is C1CC2CCN(C2)C2CCCC2C1. The molecule has 3 aliphatic rings. The molecule has 2 saturated heterocycles. The van der Waals surface area contributed by atoms with Crippen LogP contribution in [-0.2, 0) is 0 Å². The summed E-state index contributed by atoms with van der Waals surface area (Å²) in [6.07, 6.45) is 10.7. The van der Waals surface area contributed by atoms with E-state index in [-0.39, 0.29) is 0 Å². The summed E-state index contributed by atoms with van der Waals surface area (Å²) in [7, 11) is 0. The van der Waals surface area contributed by atoms with Crippen molar-refractivity contribution in [2.75, 3.05) is 13.1 Å². The predicted octanol–water partition coefficient (Wildman–Crippen LogP) is 2.66. The van der Waals surface area contributed by atoms with Crippen LogP contribution < -0.4 is 0 Å². The van der Waals surface area contributed by atoms with Gasteiger partial charge in [0.25, 0.3) is 0 Å². The van der Waals surface area contributed by atoms with Crippen molar-refractivity contribution in [3.63, 3.8) is 0 Å². The quantitative estimate of drug-likeness (QED) is 0.552. The molecule has 0 aromatic heterocycles. The van der Waals surface area contributed by atoms with Gasteiger partial charge in [0.1, 0.15) is 0 Å². The minimum absolute atomic E-state index is 1.00. The van der Waals surface area contributed by atoms with Crippen molar-refractivity contribution >= 4 is 0 Å². The van der Waals surface area contributed by atoms with Crippen LogP contribution in [0.4, 0.5) is 0 Å². The number of nitrogens with zero attached hydrogens (tertiary/aromatic N) is 1. The van der Waals surface area contributed by atoms with E-state index >= 15 is 0 Å². The van der Waals surface area contributed by atoms with Crippen LogP contribution in [0, 0.1) is 11.8 Å². The molecule has 0 spiro atoms. The molecule has 2 bridgehead atoms. The molecule has 1 aliphatic carbocycles. The highest BCUT2D eigenvalue weighted by Crippen LogP contribution is 2.39. The Bertz CT molecular complexity index is 190. The standard InChI is InChI=1S/C12H21N/c1-3-10-7-8-13(9-10)12-6-2-5-11(12)4-1/h10-12H,1-9H2. The molecular weight excluding hydrogens is 158 g/mol. The molecule has 3 rings (SSSR count). The van der Waals surface area contributed by atoms with Gasteiger partial charge in [-0.1, -0.05) is 12.8 Å². The molecule has 1 heteroatoms. The first-order chi connectivity index (χ1) is 6.43. The molecule has 0 aromatic rings. The predicted molar refractivity (Wildman–Crippen MR) is 54.7 cm³/mol. The van der Waals surface area contributed by atoms with Gasteiger partial charge in [0.05, 0.1) is 0 Å². The van der Waals surface area contributed by atoms with Crippen LogP contribution in [0.3, 0.4) is 0 Å². The van der Waals surface area contributed by atoms with Gasteiger partial charge in [0.15, 0.2) is 0 Å². The van der Waals surface area contributed by atoms with Crippen molar-refractivity contribution in [3.05, 3.63) is 0 Å². The smallest absolute Gasteiger partial charge is 0.0124 e. The monoisotopic (exact) mass is 179 g/mol. The van der Waals surface area contributed by atoms with Gasteiger partial charge < -0.3 is 0 Å². The lowest BCUT2D eigenvalue weighted by Gasteiger charge is -2.31. The minimum Gasteiger partial charge on any atom is -0.300 e. The zero-order chi connectivity index (χ0) is 8.67. The van der Waals surface area contributed by atoms with Crippen LogP contribution in [0.5, 0.6) is 0 Å². The Balaban J connectivity index is 1.78. The summed E-state index contributed by atoms with van der Waals surface area (Å²) in [6.45, 7) is 2.87. The Hall–Kier alpha value is -0.0400. The van der Waals surface area contributed by atoms with E-state index in [2.05, 4.69) is 4.90 Å². The van der Waals surface area contributed by atoms with E-state index in [0.717, 1.165) is 17.9 Å². The average Bonchev–Trinajstić information content (AvgIpc) is 2.66. The van der Waals surface area contributed by atoms with Crippen molar-refractivity contribution in [2.45, 2.75) is 51.0 Å². The van der Waals surface area contributed by atoms with Gasteiger partial charge in [0.2, 0.25) is 0 Å². The van der Waals surface area contributed by atoms with Crippen molar-refractivity contribution in [2.24, 2.45) is 11.8 Å². The number of hydrogen-bond donors (Lipinski definition) is 0. The molecule has 74 valence electrons. The molecule has 0 radical (unpaired) electrons. The van der Waals surface area contributed by atoms with Gasteiger partial charge in [-0.2, -0.15) is 0 Å². The third kappa shape index (κ3) is 1.41. The number of hydrogen-bond acceptors (Lipinski definition) is 1. The highest BCUT2D eigenvalue weighted by molar-refractivity contribution is 4.91. The second-order valence-electron chi connectivity index (χ2n) is 5.34. The van der Waals surface area contributed by atoms with Crippen LogP contribution in [0.2, 0.25) is 0 Å². The first-order valence-corrected chi connectivity index (χ1v) is 6.17. The molecule has 0 aromatic carbocycles. The average molecular weight is 179 g/mol. The normalized spacial score (nSPS) is 49.8. The van der Waals surface area contributed by atoms with E-state index in [4.69, 9.17) is 0 Å². The lowest BCUT2D eigenvalue weighted by atomic mass is 9.91. The molecule has 3 fully saturated rings. The molecule has 1 nitrogen and oxygen atoms in total. The van der Waals surface area contributed by atoms with Crippen molar-refractivity contribution in [3.8, 4) is 0 Å². The highest BCUT2D eigenvalue weighted by Gasteiger charge is 2.37. The molecular formula is C12H21N. The maximum Gasteiger partial charge on any atom is 0.0124 e. The van der Waals surface area contributed by atoms with E-state index in [0.29, 0.717) is 0 Å². The minimum atomic E-state index is 1.00. The van der Waals surface area contributed by atoms with Crippen molar-refractivity contribution in [1.82, 2.24) is 4.90 Å². The lowest BCUT2D eigenvalue weighted by Crippen LogP contribution is -2.37. The Labute approximate surface area is 81.5 Å². The zero-order valence-electron chi connectivity index (χ0n) is 8.54. The van der Waals surface area contributed by atoms with Crippen LogP contribution in [-0.4, -0.2) is 24.0 Å². The molecule has 1 saturated carbocycles. The van der Waals surface area contributed by atoms with E-state index < -0.39 is 0 Å². The maximum atomic E-state index is 2.82. The molecule has 2 heterocycles. The second-order valence-corrected chi connectivity index (χ2v) is 5.34. The summed E-state index contributed by atoms with van der Waals surface area (Å²) in [5.41, 5.74) is 0. The third-order valence-corrected chi connectivity index (χ3v) is 4.59. The Kier molecular flexibility index (Phi) is 2.08. The van der Waals surface area contributed by atoms with Crippen LogP contribution in [0.15, 0.2) is 0 Å². The number of rotatable bonds is 0. The molecule has 13 heavy (non-hydrogen) atoms. The summed E-state index contributed by atoms with van der Waals surface area (Å²) in [5, 5.41) is 0. The Morgan fingerprint density at radius 1 is 0.846 bits per heavy atom. The summed E-state index contributed by atoms with van der Waals surface area (Å²) in [4.78, 5) is 2.82. The van der Waals surface area contributed by atoms with E-state index in [1.807, 2.05) is 0 Å². The van der Waals surface area contributed by atoms with E-state index in [9.17, 15) is 0 Å². The van der Waals surface area contributed by atoms with Crippen LogP contribution in [0.1, 0.15) is 44.9 Å². The van der Waals surface area contributed by atoms with E-state index in [1.54, 1.807) is 0 Å². The van der Waals surface area contributed by atoms with Crippen LogP contribution >= 0.6 is 0 Å². The lowest BCUT2D eigenvalue weighted by molar-refractivity contribution is 0.168. The zero-order valence-corrected chi connectivity index (χ0v) is 8.54. The second kappa shape index (κ2) is 3.27. The fourth-order valence-corrected chi connectivity index (χ4v) is 3.90. The maximum absolute atomic E-state index is 2.82. The summed E-state index contributed by atoms with van der Waals surface area (Å²) >= 11 is 0. The molecule has 0 amide bonds. The van der Waals surface area contributed by atoms with E-state index in [1.165, 1.54) is 58.0 Å². The molecule has 4 unspecified atom stereocenters.